The van der Waals surface area contributed by atoms with Crippen LogP contribution in [0, 0.1) is 0 Å². The van der Waals surface area contributed by atoms with Crippen molar-refractivity contribution in [3.8, 4) is 5.88 Å². The molecule has 108 valence electrons. The van der Waals surface area contributed by atoms with Gasteiger partial charge in [-0.3, -0.25) is 0 Å². The molecule has 20 heavy (non-hydrogen) atoms. The second kappa shape index (κ2) is 5.69. The molecule has 0 radical (unpaired) electrons. The van der Waals surface area contributed by atoms with Crippen molar-refractivity contribution in [1.82, 2.24) is 15.2 Å². The van der Waals surface area contributed by atoms with Crippen LogP contribution in [0.4, 0.5) is 4.79 Å². The Morgan fingerprint density at radius 1 is 1.40 bits per heavy atom. The Bertz CT molecular complexity index is 451. The maximum atomic E-state index is 12.1. The summed E-state index contributed by atoms with van der Waals surface area (Å²) in [4.78, 5) is 18.3. The van der Waals surface area contributed by atoms with Crippen molar-refractivity contribution in [1.29, 1.82) is 0 Å². The Balaban J connectivity index is 1.63. The zero-order valence-corrected chi connectivity index (χ0v) is 11.8. The number of urea groups is 1. The van der Waals surface area contributed by atoms with E-state index in [0.29, 0.717) is 24.5 Å². The van der Waals surface area contributed by atoms with Crippen molar-refractivity contribution in [3.63, 3.8) is 0 Å². The molecule has 0 spiro atoms. The van der Waals surface area contributed by atoms with E-state index in [-0.39, 0.29) is 12.1 Å². The van der Waals surface area contributed by atoms with Crippen LogP contribution < -0.4 is 10.1 Å². The highest BCUT2D eigenvalue weighted by molar-refractivity contribution is 5.75. The summed E-state index contributed by atoms with van der Waals surface area (Å²) < 4.78 is 5.95. The van der Waals surface area contributed by atoms with Gasteiger partial charge in [0.25, 0.3) is 0 Å². The first-order chi connectivity index (χ1) is 9.78. The molecule has 2 fully saturated rings. The Morgan fingerprint density at radius 3 is 2.75 bits per heavy atom. The lowest BCUT2D eigenvalue weighted by atomic mass is 10.00. The molecule has 2 bridgehead atoms. The van der Waals surface area contributed by atoms with Gasteiger partial charge < -0.3 is 15.0 Å². The molecule has 0 aromatic carbocycles. The van der Waals surface area contributed by atoms with E-state index in [0.717, 1.165) is 25.7 Å². The minimum atomic E-state index is 0.0799. The van der Waals surface area contributed by atoms with Gasteiger partial charge in [0.2, 0.25) is 5.88 Å². The summed E-state index contributed by atoms with van der Waals surface area (Å²) in [6.07, 6.45) is 5.91. The summed E-state index contributed by atoms with van der Waals surface area (Å²) in [5.74, 6) is 0.684. The van der Waals surface area contributed by atoms with E-state index in [1.165, 1.54) is 0 Å². The van der Waals surface area contributed by atoms with Crippen LogP contribution in [0.1, 0.15) is 32.6 Å². The molecule has 2 aliphatic rings. The van der Waals surface area contributed by atoms with Gasteiger partial charge in [0.1, 0.15) is 6.10 Å². The average Bonchev–Trinajstić information content (AvgIpc) is 2.72. The molecule has 2 amide bonds. The van der Waals surface area contributed by atoms with Crippen LogP contribution in [0.3, 0.4) is 0 Å². The molecule has 1 aromatic heterocycles. The van der Waals surface area contributed by atoms with E-state index in [4.69, 9.17) is 4.74 Å². The number of pyridine rings is 1. The number of ether oxygens (including phenoxy) is 1. The number of piperidine rings is 1. The standard InChI is InChI=1S/C15H21N3O2/c1-2-16-15(19)18-11-6-7-12(18)10-13(9-11)20-14-5-3-4-8-17-14/h3-5,8,11-13H,2,6-7,9-10H2,1H3,(H,16,19). The quantitative estimate of drug-likeness (QED) is 0.920. The summed E-state index contributed by atoms with van der Waals surface area (Å²) in [6.45, 7) is 2.64. The fourth-order valence-electron chi connectivity index (χ4n) is 3.39. The largest absolute Gasteiger partial charge is 0.474 e. The molecule has 2 saturated heterocycles. The van der Waals surface area contributed by atoms with Gasteiger partial charge in [0, 0.05) is 43.7 Å². The lowest BCUT2D eigenvalue weighted by Gasteiger charge is -2.38. The summed E-state index contributed by atoms with van der Waals surface area (Å²) in [7, 11) is 0. The maximum Gasteiger partial charge on any atom is 0.317 e. The van der Waals surface area contributed by atoms with Crippen LogP contribution >= 0.6 is 0 Å². The van der Waals surface area contributed by atoms with E-state index in [1.807, 2.05) is 30.0 Å². The third-order valence-corrected chi connectivity index (χ3v) is 4.18. The molecule has 5 nitrogen and oxygen atoms in total. The number of rotatable bonds is 3. The number of amides is 2. The maximum absolute atomic E-state index is 12.1. The van der Waals surface area contributed by atoms with Crippen molar-refractivity contribution in [2.45, 2.75) is 50.8 Å². The van der Waals surface area contributed by atoms with Gasteiger partial charge >= 0.3 is 6.03 Å². The fraction of sp³-hybridized carbons (Fsp3) is 0.600. The number of aromatic nitrogens is 1. The van der Waals surface area contributed by atoms with Crippen molar-refractivity contribution >= 4 is 6.03 Å². The molecule has 1 aromatic rings. The topological polar surface area (TPSA) is 54.5 Å². The predicted molar refractivity (Wildman–Crippen MR) is 75.6 cm³/mol. The van der Waals surface area contributed by atoms with Gasteiger partial charge in [-0.15, -0.1) is 0 Å². The molecule has 1 N–H and O–H groups in total. The Kier molecular flexibility index (Phi) is 3.76. The highest BCUT2D eigenvalue weighted by Gasteiger charge is 2.43. The average molecular weight is 275 g/mol. The molecule has 5 heteroatoms. The number of hydrogen-bond donors (Lipinski definition) is 1. The van der Waals surface area contributed by atoms with Gasteiger partial charge in [-0.25, -0.2) is 9.78 Å². The van der Waals surface area contributed by atoms with Gasteiger partial charge in [0.05, 0.1) is 0 Å². The molecule has 0 saturated carbocycles. The molecular weight excluding hydrogens is 254 g/mol. The second-order valence-corrected chi connectivity index (χ2v) is 5.51. The molecule has 2 aliphatic heterocycles. The monoisotopic (exact) mass is 275 g/mol. The van der Waals surface area contributed by atoms with Gasteiger partial charge in [-0.2, -0.15) is 0 Å². The number of carbonyl (C=O) groups is 1. The molecule has 3 rings (SSSR count). The van der Waals surface area contributed by atoms with Crippen molar-refractivity contribution in [2.75, 3.05) is 6.54 Å². The Hall–Kier alpha value is -1.78. The van der Waals surface area contributed by atoms with Gasteiger partial charge in [0.15, 0.2) is 0 Å². The third-order valence-electron chi connectivity index (χ3n) is 4.18. The molecule has 2 unspecified atom stereocenters. The van der Waals surface area contributed by atoms with Crippen LogP contribution in [-0.4, -0.2) is 40.6 Å². The second-order valence-electron chi connectivity index (χ2n) is 5.51. The van der Waals surface area contributed by atoms with Crippen LogP contribution in [0.15, 0.2) is 24.4 Å². The Morgan fingerprint density at radius 2 is 2.15 bits per heavy atom. The molecular formula is C15H21N3O2. The van der Waals surface area contributed by atoms with Gasteiger partial charge in [-0.05, 0) is 25.8 Å². The first kappa shape index (κ1) is 13.2. The van der Waals surface area contributed by atoms with Crippen LogP contribution in [-0.2, 0) is 0 Å². The lowest BCUT2D eigenvalue weighted by molar-refractivity contribution is 0.0663. The van der Waals surface area contributed by atoms with Gasteiger partial charge in [-0.1, -0.05) is 6.07 Å². The molecule has 3 heterocycles. The highest BCUT2D eigenvalue weighted by atomic mass is 16.5. The lowest BCUT2D eigenvalue weighted by Crippen LogP contribution is -2.52. The van der Waals surface area contributed by atoms with E-state index in [1.54, 1.807) is 6.20 Å². The highest BCUT2D eigenvalue weighted by Crippen LogP contribution is 2.37. The van der Waals surface area contributed by atoms with Crippen LogP contribution in [0.25, 0.3) is 0 Å². The van der Waals surface area contributed by atoms with E-state index < -0.39 is 0 Å². The van der Waals surface area contributed by atoms with E-state index >= 15 is 0 Å². The fourth-order valence-corrected chi connectivity index (χ4v) is 3.39. The van der Waals surface area contributed by atoms with Crippen LogP contribution in [0.5, 0.6) is 5.88 Å². The van der Waals surface area contributed by atoms with Crippen LogP contribution in [0.2, 0.25) is 0 Å². The predicted octanol–water partition coefficient (Wildman–Crippen LogP) is 2.19. The Labute approximate surface area is 119 Å². The minimum absolute atomic E-state index is 0.0799. The van der Waals surface area contributed by atoms with Crippen molar-refractivity contribution < 1.29 is 9.53 Å². The molecule has 0 aliphatic carbocycles. The van der Waals surface area contributed by atoms with E-state index in [9.17, 15) is 4.79 Å². The number of nitrogens with one attached hydrogen (secondary N) is 1. The van der Waals surface area contributed by atoms with Crippen molar-refractivity contribution in [2.24, 2.45) is 0 Å². The zero-order valence-electron chi connectivity index (χ0n) is 11.8. The smallest absolute Gasteiger partial charge is 0.317 e. The number of hydrogen-bond acceptors (Lipinski definition) is 3. The SMILES string of the molecule is CCNC(=O)N1C2CCC1CC(Oc1ccccn1)C2. The number of fused-ring (bicyclic) bond motifs is 2. The van der Waals surface area contributed by atoms with E-state index in [2.05, 4.69) is 10.3 Å². The summed E-state index contributed by atoms with van der Waals surface area (Å²) in [6, 6.07) is 6.41. The molecule has 2 atom stereocenters. The normalized spacial score (nSPS) is 28.2. The number of nitrogens with zero attached hydrogens (tertiary/aromatic N) is 2. The third kappa shape index (κ3) is 2.57. The summed E-state index contributed by atoms with van der Waals surface area (Å²) in [5, 5.41) is 2.91. The zero-order chi connectivity index (χ0) is 13.9. The number of carbonyl (C=O) groups excluding carboxylic acids is 1. The first-order valence-corrected chi connectivity index (χ1v) is 7.41. The van der Waals surface area contributed by atoms with Crippen molar-refractivity contribution in [3.05, 3.63) is 24.4 Å². The summed E-state index contributed by atoms with van der Waals surface area (Å²) in [5.41, 5.74) is 0. The first-order valence-electron chi connectivity index (χ1n) is 7.41. The summed E-state index contributed by atoms with van der Waals surface area (Å²) >= 11 is 0. The minimum Gasteiger partial charge on any atom is -0.474 e.